The predicted molar refractivity (Wildman–Crippen MR) is 63.1 cm³/mol. The van der Waals surface area contributed by atoms with Gasteiger partial charge in [-0.3, -0.25) is 0 Å². The summed E-state index contributed by atoms with van der Waals surface area (Å²) in [6.45, 7) is 8.25. The Morgan fingerprint density at radius 2 is 2.29 bits per heavy atom. The summed E-state index contributed by atoms with van der Waals surface area (Å²) in [7, 11) is 0. The normalized spacial score (nSPS) is 15.5. The van der Waals surface area contributed by atoms with E-state index >= 15 is 0 Å². The van der Waals surface area contributed by atoms with Gasteiger partial charge in [0.05, 0.1) is 0 Å². The van der Waals surface area contributed by atoms with E-state index in [1.54, 1.807) is 0 Å². The molecular weight excluding hydrogens is 170 g/mol. The van der Waals surface area contributed by atoms with Gasteiger partial charge in [-0.1, -0.05) is 44.9 Å². The predicted octanol–water partition coefficient (Wildman–Crippen LogP) is 3.51. The van der Waals surface area contributed by atoms with E-state index in [4.69, 9.17) is 0 Å². The molecule has 0 aromatic carbocycles. The fourth-order valence-corrected chi connectivity index (χ4v) is 1.60. The van der Waals surface area contributed by atoms with E-state index < -0.39 is 0 Å². The van der Waals surface area contributed by atoms with Gasteiger partial charge in [0, 0.05) is 13.1 Å². The number of unbranched alkanes of at least 4 members (excludes halogenated alkanes) is 3. The fourth-order valence-electron chi connectivity index (χ4n) is 1.60. The third-order valence-corrected chi connectivity index (χ3v) is 2.57. The molecular formula is C13H21N. The number of hydrogen-bond acceptors (Lipinski definition) is 1. The molecule has 1 heterocycles. The summed E-state index contributed by atoms with van der Waals surface area (Å²) in [5.74, 6) is 0. The molecule has 0 aromatic heterocycles. The Bertz CT molecular complexity index is 225. The van der Waals surface area contributed by atoms with E-state index in [0.717, 1.165) is 6.54 Å². The molecule has 0 radical (unpaired) electrons. The van der Waals surface area contributed by atoms with Crippen molar-refractivity contribution >= 4 is 0 Å². The third-order valence-electron chi connectivity index (χ3n) is 2.57. The quantitative estimate of drug-likeness (QED) is 0.581. The minimum Gasteiger partial charge on any atom is -0.374 e. The molecule has 0 bridgehead atoms. The molecule has 1 nitrogen and oxygen atoms in total. The van der Waals surface area contributed by atoms with Crippen LogP contribution in [0.15, 0.2) is 36.6 Å². The molecule has 78 valence electrons. The Labute approximate surface area is 87.8 Å². The van der Waals surface area contributed by atoms with Crippen molar-refractivity contribution in [2.75, 3.05) is 13.1 Å². The van der Waals surface area contributed by atoms with Gasteiger partial charge in [0.1, 0.15) is 0 Å². The molecule has 0 N–H and O–H groups in total. The maximum absolute atomic E-state index is 3.76. The van der Waals surface area contributed by atoms with E-state index in [1.807, 2.05) is 6.08 Å². The van der Waals surface area contributed by atoms with Crippen LogP contribution in [-0.4, -0.2) is 18.0 Å². The zero-order valence-electron chi connectivity index (χ0n) is 9.21. The van der Waals surface area contributed by atoms with Crippen molar-refractivity contribution in [3.63, 3.8) is 0 Å². The number of nitrogens with zero attached hydrogens (tertiary/aromatic N) is 1. The maximum Gasteiger partial charge on any atom is 0.0362 e. The zero-order chi connectivity index (χ0) is 10.2. The van der Waals surface area contributed by atoms with Crippen molar-refractivity contribution in [2.24, 2.45) is 0 Å². The monoisotopic (exact) mass is 191 g/mol. The molecule has 0 saturated heterocycles. The summed E-state index contributed by atoms with van der Waals surface area (Å²) in [5.41, 5.74) is 1.25. The Morgan fingerprint density at radius 1 is 1.43 bits per heavy atom. The lowest BCUT2D eigenvalue weighted by atomic mass is 10.1. The van der Waals surface area contributed by atoms with Crippen LogP contribution in [0.4, 0.5) is 0 Å². The molecule has 0 amide bonds. The van der Waals surface area contributed by atoms with Gasteiger partial charge >= 0.3 is 0 Å². The summed E-state index contributed by atoms with van der Waals surface area (Å²) >= 11 is 0. The zero-order valence-corrected chi connectivity index (χ0v) is 9.21. The van der Waals surface area contributed by atoms with Crippen LogP contribution in [0.25, 0.3) is 0 Å². The fraction of sp³-hybridized carbons (Fsp3) is 0.538. The van der Waals surface area contributed by atoms with Gasteiger partial charge < -0.3 is 4.90 Å². The summed E-state index contributed by atoms with van der Waals surface area (Å²) in [4.78, 5) is 2.36. The number of allylic oxidation sites excluding steroid dienone is 3. The number of rotatable bonds is 6. The van der Waals surface area contributed by atoms with Crippen molar-refractivity contribution in [3.05, 3.63) is 36.6 Å². The average Bonchev–Trinajstić information content (AvgIpc) is 2.25. The van der Waals surface area contributed by atoms with Crippen LogP contribution in [0, 0.1) is 0 Å². The van der Waals surface area contributed by atoms with E-state index in [0.29, 0.717) is 0 Å². The molecule has 0 spiro atoms. The first-order valence-corrected chi connectivity index (χ1v) is 5.61. The minimum absolute atomic E-state index is 1.05. The molecule has 0 saturated carbocycles. The van der Waals surface area contributed by atoms with Gasteiger partial charge in [0.2, 0.25) is 0 Å². The lowest BCUT2D eigenvalue weighted by Gasteiger charge is -2.21. The van der Waals surface area contributed by atoms with Crippen molar-refractivity contribution < 1.29 is 0 Å². The molecule has 0 aliphatic carbocycles. The Morgan fingerprint density at radius 3 is 2.86 bits per heavy atom. The Hall–Kier alpha value is -0.980. The highest BCUT2D eigenvalue weighted by Gasteiger charge is 2.01. The van der Waals surface area contributed by atoms with Crippen LogP contribution in [-0.2, 0) is 0 Å². The number of hydrogen-bond donors (Lipinski definition) is 0. The van der Waals surface area contributed by atoms with Crippen LogP contribution >= 0.6 is 0 Å². The first-order valence-electron chi connectivity index (χ1n) is 5.61. The van der Waals surface area contributed by atoms with Gasteiger partial charge in [-0.25, -0.2) is 0 Å². The summed E-state index contributed by atoms with van der Waals surface area (Å²) < 4.78 is 0. The van der Waals surface area contributed by atoms with Gasteiger partial charge in [0.25, 0.3) is 0 Å². The molecule has 14 heavy (non-hydrogen) atoms. The molecule has 0 unspecified atom stereocenters. The van der Waals surface area contributed by atoms with E-state index in [9.17, 15) is 0 Å². The lowest BCUT2D eigenvalue weighted by Crippen LogP contribution is -2.20. The van der Waals surface area contributed by atoms with Gasteiger partial charge in [-0.15, -0.1) is 0 Å². The Kier molecular flexibility index (Phi) is 5.13. The third kappa shape index (κ3) is 3.82. The molecule has 1 heteroatoms. The van der Waals surface area contributed by atoms with Crippen LogP contribution in [0.3, 0.4) is 0 Å². The van der Waals surface area contributed by atoms with Crippen molar-refractivity contribution in [3.8, 4) is 0 Å². The van der Waals surface area contributed by atoms with Crippen LogP contribution in [0.1, 0.15) is 32.6 Å². The highest BCUT2D eigenvalue weighted by atomic mass is 15.1. The highest BCUT2D eigenvalue weighted by Crippen LogP contribution is 2.09. The average molecular weight is 191 g/mol. The second kappa shape index (κ2) is 6.47. The SMILES string of the molecule is C=CC1=CCN(CCCCCC)C=C1. The second-order valence-electron chi connectivity index (χ2n) is 3.78. The topological polar surface area (TPSA) is 3.24 Å². The molecule has 1 rings (SSSR count). The minimum atomic E-state index is 1.05. The summed E-state index contributed by atoms with van der Waals surface area (Å²) in [6, 6.07) is 0. The van der Waals surface area contributed by atoms with Gasteiger partial charge in [-0.2, -0.15) is 0 Å². The molecule has 0 fully saturated rings. The molecule has 1 aliphatic rings. The van der Waals surface area contributed by atoms with Crippen molar-refractivity contribution in [2.45, 2.75) is 32.6 Å². The van der Waals surface area contributed by atoms with Crippen molar-refractivity contribution in [1.29, 1.82) is 0 Å². The summed E-state index contributed by atoms with van der Waals surface area (Å²) in [6.07, 6.45) is 13.8. The highest BCUT2D eigenvalue weighted by molar-refractivity contribution is 5.31. The van der Waals surface area contributed by atoms with Crippen LogP contribution in [0.2, 0.25) is 0 Å². The van der Waals surface area contributed by atoms with Gasteiger partial charge in [0.15, 0.2) is 0 Å². The van der Waals surface area contributed by atoms with Crippen molar-refractivity contribution in [1.82, 2.24) is 4.90 Å². The van der Waals surface area contributed by atoms with E-state index in [-0.39, 0.29) is 0 Å². The van der Waals surface area contributed by atoms with Crippen LogP contribution in [0.5, 0.6) is 0 Å². The van der Waals surface area contributed by atoms with Crippen LogP contribution < -0.4 is 0 Å². The molecule has 0 aromatic rings. The van der Waals surface area contributed by atoms with E-state index in [1.165, 1.54) is 37.8 Å². The second-order valence-corrected chi connectivity index (χ2v) is 3.78. The lowest BCUT2D eigenvalue weighted by molar-refractivity contribution is 0.393. The Balaban J connectivity index is 2.14. The van der Waals surface area contributed by atoms with E-state index in [2.05, 4.69) is 36.8 Å². The summed E-state index contributed by atoms with van der Waals surface area (Å²) in [5, 5.41) is 0. The smallest absolute Gasteiger partial charge is 0.0362 e. The first-order chi connectivity index (χ1) is 6.86. The largest absolute Gasteiger partial charge is 0.374 e. The molecule has 0 atom stereocenters. The molecule has 1 aliphatic heterocycles. The first kappa shape index (κ1) is 11.1. The maximum atomic E-state index is 3.76. The van der Waals surface area contributed by atoms with Gasteiger partial charge in [-0.05, 0) is 24.3 Å². The standard InChI is InChI=1S/C13H21N/c1-3-5-6-7-10-14-11-8-13(4-2)9-12-14/h4,8-9,11H,2-3,5-7,10,12H2,1H3.